The first-order valence-electron chi connectivity index (χ1n) is 6.05. The van der Waals surface area contributed by atoms with Gasteiger partial charge in [0.25, 0.3) is 0 Å². The van der Waals surface area contributed by atoms with Crippen LogP contribution < -0.4 is 17.1 Å². The fraction of sp³-hybridized carbons (Fsp3) is 0.250. The molecular formula is C12H9F6N3O3. The van der Waals surface area contributed by atoms with Gasteiger partial charge in [-0.15, -0.1) is 0 Å². The van der Waals surface area contributed by atoms with Gasteiger partial charge >= 0.3 is 17.1 Å². The van der Waals surface area contributed by atoms with Gasteiger partial charge in [-0.2, -0.15) is 0 Å². The van der Waals surface area contributed by atoms with Crippen molar-refractivity contribution in [2.24, 2.45) is 0 Å². The molecule has 0 atom stereocenters. The Kier molecular flexibility index (Phi) is 6.56. The van der Waals surface area contributed by atoms with Crippen molar-refractivity contribution in [3.8, 4) is 0 Å². The van der Waals surface area contributed by atoms with Gasteiger partial charge in [-0.1, -0.05) is 0 Å². The highest BCUT2D eigenvalue weighted by Crippen LogP contribution is 2.01. The molecular weight excluding hydrogens is 348 g/mol. The number of hydrogen-bond acceptors (Lipinski definition) is 3. The van der Waals surface area contributed by atoms with Crippen LogP contribution in [0.5, 0.6) is 0 Å². The number of aromatic nitrogens is 3. The summed E-state index contributed by atoms with van der Waals surface area (Å²) in [6.45, 7) is -3.89. The topological polar surface area (TPSA) is 66.0 Å². The fourth-order valence-corrected chi connectivity index (χ4v) is 1.65. The van der Waals surface area contributed by atoms with Crippen molar-refractivity contribution in [2.45, 2.75) is 19.6 Å². The maximum absolute atomic E-state index is 13.0. The minimum atomic E-state index is -1.62. The van der Waals surface area contributed by atoms with Gasteiger partial charge in [-0.25, -0.2) is 54.4 Å². The van der Waals surface area contributed by atoms with Gasteiger partial charge in [0, 0.05) is 0 Å². The molecule has 0 amide bonds. The lowest BCUT2D eigenvalue weighted by atomic mass is 10.5. The third kappa shape index (κ3) is 4.14. The van der Waals surface area contributed by atoms with Crippen molar-refractivity contribution in [1.29, 1.82) is 0 Å². The second kappa shape index (κ2) is 8.17. The van der Waals surface area contributed by atoms with Crippen LogP contribution in [0.15, 0.2) is 50.9 Å². The maximum Gasteiger partial charge on any atom is 0.337 e. The smallest absolute Gasteiger partial charge is 0.247 e. The minimum Gasteiger partial charge on any atom is -0.247 e. The summed E-state index contributed by atoms with van der Waals surface area (Å²) in [6.07, 6.45) is -1.76. The Balaban J connectivity index is 3.74. The Morgan fingerprint density at radius 1 is 0.625 bits per heavy atom. The van der Waals surface area contributed by atoms with Crippen LogP contribution in [0.1, 0.15) is 0 Å². The number of nitrogens with zero attached hydrogens (tertiary/aromatic N) is 3. The van der Waals surface area contributed by atoms with Crippen LogP contribution in [0.25, 0.3) is 0 Å². The van der Waals surface area contributed by atoms with E-state index in [-0.39, 0.29) is 13.7 Å². The van der Waals surface area contributed by atoms with E-state index in [0.717, 1.165) is 0 Å². The lowest BCUT2D eigenvalue weighted by Crippen LogP contribution is -2.54. The molecule has 1 rings (SSSR count). The summed E-state index contributed by atoms with van der Waals surface area (Å²) in [5, 5.41) is 0. The van der Waals surface area contributed by atoms with Gasteiger partial charge < -0.3 is 0 Å². The standard InChI is InChI=1S/C12H9F6N3O3/c13-1-7(16)4-19-10(22)20(5-8(17)2-14)12(24)21(11(19)23)6-9(18)3-15/h1-3H,4-6H2. The predicted molar refractivity (Wildman–Crippen MR) is 70.1 cm³/mol. The van der Waals surface area contributed by atoms with Crippen LogP contribution in [-0.2, 0) is 19.6 Å². The summed E-state index contributed by atoms with van der Waals surface area (Å²) >= 11 is 0. The maximum atomic E-state index is 13.0. The normalized spacial score (nSPS) is 13.5. The average molecular weight is 357 g/mol. The monoisotopic (exact) mass is 357 g/mol. The summed E-state index contributed by atoms with van der Waals surface area (Å²) in [5.74, 6) is -4.85. The van der Waals surface area contributed by atoms with E-state index in [1.807, 2.05) is 0 Å². The highest BCUT2D eigenvalue weighted by atomic mass is 19.2. The Labute approximate surface area is 128 Å². The molecule has 0 fully saturated rings. The fourth-order valence-electron chi connectivity index (χ4n) is 1.65. The first-order valence-corrected chi connectivity index (χ1v) is 6.05. The third-order valence-electron chi connectivity index (χ3n) is 2.67. The number of rotatable bonds is 6. The molecule has 1 aromatic rings. The highest BCUT2D eigenvalue weighted by molar-refractivity contribution is 4.94. The Hall–Kier alpha value is -2.79. The van der Waals surface area contributed by atoms with Gasteiger partial charge in [-0.3, -0.25) is 0 Å². The molecule has 0 unspecified atom stereocenters. The Morgan fingerprint density at radius 2 is 0.833 bits per heavy atom. The molecule has 6 nitrogen and oxygen atoms in total. The molecule has 0 aliphatic heterocycles. The molecule has 0 saturated heterocycles. The lowest BCUT2D eigenvalue weighted by molar-refractivity contribution is 0.412. The molecule has 1 heterocycles. The molecule has 12 heteroatoms. The van der Waals surface area contributed by atoms with Gasteiger partial charge in [0.1, 0.15) is 36.5 Å². The number of hydrogen-bond donors (Lipinski definition) is 0. The average Bonchev–Trinajstić information content (AvgIpc) is 2.58. The summed E-state index contributed by atoms with van der Waals surface area (Å²) in [5.41, 5.74) is -4.79. The van der Waals surface area contributed by atoms with Crippen molar-refractivity contribution < 1.29 is 26.3 Å². The van der Waals surface area contributed by atoms with Crippen molar-refractivity contribution in [3.63, 3.8) is 0 Å². The lowest BCUT2D eigenvalue weighted by Gasteiger charge is -2.12. The molecule has 0 aliphatic rings. The van der Waals surface area contributed by atoms with E-state index in [9.17, 15) is 40.7 Å². The summed E-state index contributed by atoms with van der Waals surface area (Å²) < 4.78 is 75.0. The molecule has 0 aromatic carbocycles. The van der Waals surface area contributed by atoms with Crippen LogP contribution in [0.2, 0.25) is 0 Å². The van der Waals surface area contributed by atoms with Crippen LogP contribution in [0.3, 0.4) is 0 Å². The van der Waals surface area contributed by atoms with E-state index in [4.69, 9.17) is 0 Å². The van der Waals surface area contributed by atoms with Gasteiger partial charge in [0.05, 0.1) is 19.6 Å². The minimum absolute atomic E-state index is 0.0656. The van der Waals surface area contributed by atoms with Gasteiger partial charge in [-0.05, 0) is 0 Å². The zero-order valence-electron chi connectivity index (χ0n) is 11.7. The summed E-state index contributed by atoms with van der Waals surface area (Å²) in [7, 11) is 0. The van der Waals surface area contributed by atoms with Crippen LogP contribution in [-0.4, -0.2) is 13.7 Å². The highest BCUT2D eigenvalue weighted by Gasteiger charge is 2.18. The van der Waals surface area contributed by atoms with Gasteiger partial charge in [0.2, 0.25) is 0 Å². The van der Waals surface area contributed by atoms with Crippen molar-refractivity contribution in [1.82, 2.24) is 13.7 Å². The van der Waals surface area contributed by atoms with E-state index in [1.54, 1.807) is 0 Å². The largest absolute Gasteiger partial charge is 0.337 e. The van der Waals surface area contributed by atoms with Crippen LogP contribution in [0.4, 0.5) is 26.3 Å². The second-order valence-electron chi connectivity index (χ2n) is 4.27. The van der Waals surface area contributed by atoms with E-state index in [1.165, 1.54) is 0 Å². The SMILES string of the molecule is O=c1n(CC(F)=CF)c(=O)n(CC(F)=CF)c(=O)n1CC(F)=CF. The van der Waals surface area contributed by atoms with Crippen LogP contribution >= 0.6 is 0 Å². The molecule has 0 saturated carbocycles. The number of halogens is 6. The molecule has 0 radical (unpaired) electrons. The molecule has 132 valence electrons. The molecule has 0 bridgehead atoms. The van der Waals surface area contributed by atoms with Crippen molar-refractivity contribution in [3.05, 3.63) is 67.9 Å². The van der Waals surface area contributed by atoms with Crippen LogP contribution in [0, 0.1) is 0 Å². The summed E-state index contributed by atoms with van der Waals surface area (Å²) in [6, 6.07) is 0. The zero-order chi connectivity index (χ0) is 18.4. The van der Waals surface area contributed by atoms with E-state index in [0.29, 0.717) is 0 Å². The van der Waals surface area contributed by atoms with Crippen molar-refractivity contribution >= 4 is 0 Å². The van der Waals surface area contributed by atoms with E-state index in [2.05, 4.69) is 0 Å². The first kappa shape index (κ1) is 19.3. The predicted octanol–water partition coefficient (Wildman–Crippen LogP) is 1.51. The second-order valence-corrected chi connectivity index (χ2v) is 4.27. The zero-order valence-corrected chi connectivity index (χ0v) is 11.7. The Bertz CT molecular complexity index is 733. The quantitative estimate of drug-likeness (QED) is 0.725. The number of allylic oxidation sites excluding steroid dienone is 3. The van der Waals surface area contributed by atoms with E-state index < -0.39 is 73.2 Å². The van der Waals surface area contributed by atoms with E-state index >= 15 is 0 Å². The van der Waals surface area contributed by atoms with Crippen molar-refractivity contribution in [2.75, 3.05) is 0 Å². The molecule has 0 aliphatic carbocycles. The molecule has 24 heavy (non-hydrogen) atoms. The molecule has 0 spiro atoms. The Morgan fingerprint density at radius 3 is 1.00 bits per heavy atom. The summed E-state index contributed by atoms with van der Waals surface area (Å²) in [4.78, 5) is 35.8. The molecule has 0 N–H and O–H groups in total. The third-order valence-corrected chi connectivity index (χ3v) is 2.67. The van der Waals surface area contributed by atoms with Gasteiger partial charge in [0.15, 0.2) is 0 Å². The first-order chi connectivity index (χ1) is 11.3. The molecule has 1 aromatic heterocycles.